The summed E-state index contributed by atoms with van der Waals surface area (Å²) in [5, 5.41) is 9.05. The zero-order chi connectivity index (χ0) is 12.4. The standard InChI is InChI=1S/C10H17ClN2O2S/c1-10(2,8-12)13(9-4-5-9)16(14,15)7-3-6-11/h9H,3-7H2,1-2H3. The van der Waals surface area contributed by atoms with Crippen molar-refractivity contribution in [1.29, 1.82) is 5.26 Å². The molecule has 0 saturated heterocycles. The van der Waals surface area contributed by atoms with E-state index < -0.39 is 15.6 Å². The van der Waals surface area contributed by atoms with Gasteiger partial charge in [-0.25, -0.2) is 8.42 Å². The molecule has 1 fully saturated rings. The molecule has 0 aliphatic heterocycles. The largest absolute Gasteiger partial charge is 0.215 e. The van der Waals surface area contributed by atoms with E-state index in [0.29, 0.717) is 12.3 Å². The Morgan fingerprint density at radius 2 is 2.06 bits per heavy atom. The van der Waals surface area contributed by atoms with Gasteiger partial charge in [-0.1, -0.05) is 0 Å². The fourth-order valence-corrected chi connectivity index (χ4v) is 4.12. The van der Waals surface area contributed by atoms with Crippen molar-refractivity contribution in [3.05, 3.63) is 0 Å². The highest BCUT2D eigenvalue weighted by Gasteiger charge is 2.45. The molecule has 0 aromatic rings. The molecule has 0 aromatic heterocycles. The van der Waals surface area contributed by atoms with E-state index in [0.717, 1.165) is 12.8 Å². The summed E-state index contributed by atoms with van der Waals surface area (Å²) in [6.07, 6.45) is 2.13. The first-order valence-electron chi connectivity index (χ1n) is 5.34. The Bertz CT molecular complexity index is 382. The molecule has 1 aliphatic rings. The van der Waals surface area contributed by atoms with Gasteiger partial charge in [0.1, 0.15) is 5.54 Å². The van der Waals surface area contributed by atoms with Crippen molar-refractivity contribution in [2.45, 2.75) is 44.7 Å². The minimum Gasteiger partial charge on any atom is -0.212 e. The van der Waals surface area contributed by atoms with Crippen LogP contribution in [0.4, 0.5) is 0 Å². The Hall–Kier alpha value is -0.310. The minimum atomic E-state index is -3.36. The van der Waals surface area contributed by atoms with Gasteiger partial charge in [-0.2, -0.15) is 9.57 Å². The lowest BCUT2D eigenvalue weighted by molar-refractivity contribution is 0.280. The van der Waals surface area contributed by atoms with Crippen LogP contribution in [0.25, 0.3) is 0 Å². The van der Waals surface area contributed by atoms with E-state index in [2.05, 4.69) is 6.07 Å². The van der Waals surface area contributed by atoms with Crippen molar-refractivity contribution >= 4 is 21.6 Å². The molecule has 16 heavy (non-hydrogen) atoms. The number of alkyl halides is 1. The van der Waals surface area contributed by atoms with Gasteiger partial charge in [0, 0.05) is 11.9 Å². The zero-order valence-electron chi connectivity index (χ0n) is 9.61. The van der Waals surface area contributed by atoms with Crippen LogP contribution >= 0.6 is 11.6 Å². The van der Waals surface area contributed by atoms with Gasteiger partial charge in [0.05, 0.1) is 11.8 Å². The van der Waals surface area contributed by atoms with Crippen molar-refractivity contribution < 1.29 is 8.42 Å². The van der Waals surface area contributed by atoms with Crippen LogP contribution in [-0.4, -0.2) is 35.9 Å². The van der Waals surface area contributed by atoms with E-state index in [1.807, 2.05) is 0 Å². The summed E-state index contributed by atoms with van der Waals surface area (Å²) in [6, 6.07) is 2.07. The molecule has 1 saturated carbocycles. The van der Waals surface area contributed by atoms with Crippen LogP contribution in [0.15, 0.2) is 0 Å². The molecule has 0 unspecified atom stereocenters. The third-order valence-corrected chi connectivity index (χ3v) is 4.96. The normalized spacial score (nSPS) is 17.4. The summed E-state index contributed by atoms with van der Waals surface area (Å²) in [6.45, 7) is 3.28. The number of halogens is 1. The second kappa shape index (κ2) is 4.91. The smallest absolute Gasteiger partial charge is 0.212 e. The molecular weight excluding hydrogens is 248 g/mol. The Labute approximate surface area is 102 Å². The van der Waals surface area contributed by atoms with E-state index in [9.17, 15) is 8.42 Å². The summed E-state index contributed by atoms with van der Waals surface area (Å²) in [4.78, 5) is 0. The Morgan fingerprint density at radius 1 is 1.50 bits per heavy atom. The Balaban J connectivity index is 2.91. The van der Waals surface area contributed by atoms with E-state index >= 15 is 0 Å². The number of sulfonamides is 1. The molecule has 0 spiro atoms. The van der Waals surface area contributed by atoms with Gasteiger partial charge in [-0.3, -0.25) is 0 Å². The summed E-state index contributed by atoms with van der Waals surface area (Å²) in [5.41, 5.74) is -0.966. The number of nitrogens with zero attached hydrogens (tertiary/aromatic N) is 2. The minimum absolute atomic E-state index is 0.00924. The lowest BCUT2D eigenvalue weighted by Crippen LogP contribution is -2.49. The fourth-order valence-electron chi connectivity index (χ4n) is 1.72. The van der Waals surface area contributed by atoms with Crippen LogP contribution in [0.2, 0.25) is 0 Å². The van der Waals surface area contributed by atoms with Gasteiger partial charge < -0.3 is 0 Å². The maximum atomic E-state index is 12.1. The van der Waals surface area contributed by atoms with Crippen LogP contribution in [0.3, 0.4) is 0 Å². The second-order valence-corrected chi connectivity index (χ2v) is 6.90. The van der Waals surface area contributed by atoms with Crippen LogP contribution in [0, 0.1) is 11.3 Å². The van der Waals surface area contributed by atoms with Gasteiger partial charge in [0.15, 0.2) is 0 Å². The van der Waals surface area contributed by atoms with Crippen LogP contribution in [0.5, 0.6) is 0 Å². The number of rotatable bonds is 6. The molecule has 0 atom stereocenters. The van der Waals surface area contributed by atoms with E-state index in [1.54, 1.807) is 13.8 Å². The summed E-state index contributed by atoms with van der Waals surface area (Å²) >= 11 is 5.51. The maximum Gasteiger partial charge on any atom is 0.215 e. The van der Waals surface area contributed by atoms with Gasteiger partial charge in [0.25, 0.3) is 0 Å². The van der Waals surface area contributed by atoms with Crippen molar-refractivity contribution in [2.24, 2.45) is 0 Å². The third-order valence-electron chi connectivity index (χ3n) is 2.54. The first-order valence-corrected chi connectivity index (χ1v) is 7.49. The Kier molecular flexibility index (Phi) is 4.22. The molecule has 1 rings (SSSR count). The van der Waals surface area contributed by atoms with Crippen molar-refractivity contribution in [3.8, 4) is 6.07 Å². The third kappa shape index (κ3) is 3.09. The second-order valence-electron chi connectivity index (χ2n) is 4.56. The van der Waals surface area contributed by atoms with E-state index in [1.165, 1.54) is 4.31 Å². The van der Waals surface area contributed by atoms with Gasteiger partial charge >= 0.3 is 0 Å². The molecule has 92 valence electrons. The van der Waals surface area contributed by atoms with Crippen molar-refractivity contribution in [2.75, 3.05) is 11.6 Å². The quantitative estimate of drug-likeness (QED) is 0.686. The van der Waals surface area contributed by atoms with Gasteiger partial charge in [-0.15, -0.1) is 11.6 Å². The van der Waals surface area contributed by atoms with Crippen molar-refractivity contribution in [1.82, 2.24) is 4.31 Å². The highest BCUT2D eigenvalue weighted by Crippen LogP contribution is 2.35. The molecule has 0 heterocycles. The highest BCUT2D eigenvalue weighted by atomic mass is 35.5. The highest BCUT2D eigenvalue weighted by molar-refractivity contribution is 7.89. The number of hydrogen-bond acceptors (Lipinski definition) is 3. The summed E-state index contributed by atoms with van der Waals surface area (Å²) in [5.74, 6) is 0.350. The maximum absolute atomic E-state index is 12.1. The summed E-state index contributed by atoms with van der Waals surface area (Å²) in [7, 11) is -3.36. The molecule has 4 nitrogen and oxygen atoms in total. The number of nitriles is 1. The average molecular weight is 265 g/mol. The van der Waals surface area contributed by atoms with Crippen molar-refractivity contribution in [3.63, 3.8) is 0 Å². The first kappa shape index (κ1) is 13.8. The first-order chi connectivity index (χ1) is 7.35. The van der Waals surface area contributed by atoms with E-state index in [4.69, 9.17) is 16.9 Å². The lowest BCUT2D eigenvalue weighted by atomic mass is 10.1. The van der Waals surface area contributed by atoms with Crippen LogP contribution in [-0.2, 0) is 10.0 Å². The predicted octanol–water partition coefficient (Wildman–Crippen LogP) is 1.71. The molecule has 6 heteroatoms. The molecule has 0 N–H and O–H groups in total. The van der Waals surface area contributed by atoms with Gasteiger partial charge in [-0.05, 0) is 33.1 Å². The Morgan fingerprint density at radius 3 is 2.44 bits per heavy atom. The molecule has 0 radical (unpaired) electrons. The van der Waals surface area contributed by atoms with Crippen LogP contribution in [0.1, 0.15) is 33.1 Å². The summed E-state index contributed by atoms with van der Waals surface area (Å²) < 4.78 is 25.6. The molecule has 1 aliphatic carbocycles. The van der Waals surface area contributed by atoms with Crippen LogP contribution < -0.4 is 0 Å². The lowest BCUT2D eigenvalue weighted by Gasteiger charge is -2.32. The van der Waals surface area contributed by atoms with E-state index in [-0.39, 0.29) is 11.8 Å². The fraction of sp³-hybridized carbons (Fsp3) is 0.900. The monoisotopic (exact) mass is 264 g/mol. The molecule has 0 amide bonds. The molecule has 0 aromatic carbocycles. The average Bonchev–Trinajstić information content (AvgIpc) is 2.98. The molecular formula is C10H17ClN2O2S. The molecule has 0 bridgehead atoms. The van der Waals surface area contributed by atoms with Gasteiger partial charge in [0.2, 0.25) is 10.0 Å². The topological polar surface area (TPSA) is 61.2 Å². The number of hydrogen-bond donors (Lipinski definition) is 0. The SMILES string of the molecule is CC(C)(C#N)N(C1CC1)S(=O)(=O)CCCCl. The zero-order valence-corrected chi connectivity index (χ0v) is 11.2. The predicted molar refractivity (Wildman–Crippen MR) is 63.7 cm³/mol.